The fourth-order valence-corrected chi connectivity index (χ4v) is 3.80. The Morgan fingerprint density at radius 3 is 2.58 bits per heavy atom. The molecule has 0 radical (unpaired) electrons. The monoisotopic (exact) mass is 282 g/mol. The maximum absolute atomic E-state index is 11.5. The smallest absolute Gasteiger partial charge is 0.151 e. The van der Waals surface area contributed by atoms with Crippen molar-refractivity contribution in [1.29, 1.82) is 0 Å². The summed E-state index contributed by atoms with van der Waals surface area (Å²) in [4.78, 5) is 2.25. The number of sulfone groups is 1. The maximum atomic E-state index is 11.5. The lowest BCUT2D eigenvalue weighted by Crippen LogP contribution is -2.29. The van der Waals surface area contributed by atoms with Gasteiger partial charge >= 0.3 is 0 Å². The van der Waals surface area contributed by atoms with Crippen LogP contribution in [0.3, 0.4) is 0 Å². The topological polar surface area (TPSA) is 63.4 Å². The molecule has 1 aromatic carbocycles. The summed E-state index contributed by atoms with van der Waals surface area (Å²) < 4.78 is 23.1. The predicted octanol–water partition coefficient (Wildman–Crippen LogP) is 0.808. The summed E-state index contributed by atoms with van der Waals surface area (Å²) in [5, 5.41) is 0. The van der Waals surface area contributed by atoms with Gasteiger partial charge in [-0.3, -0.25) is 0 Å². The Morgan fingerprint density at radius 1 is 1.11 bits per heavy atom. The van der Waals surface area contributed by atoms with Gasteiger partial charge in [0.15, 0.2) is 9.84 Å². The van der Waals surface area contributed by atoms with Crippen molar-refractivity contribution in [3.8, 4) is 0 Å². The van der Waals surface area contributed by atoms with E-state index in [1.807, 2.05) is 12.1 Å². The van der Waals surface area contributed by atoms with Crippen molar-refractivity contribution in [2.45, 2.75) is 19.4 Å². The lowest BCUT2D eigenvalue weighted by molar-refractivity contribution is 0.299. The average Bonchev–Trinajstić information content (AvgIpc) is 2.58. The van der Waals surface area contributed by atoms with Crippen molar-refractivity contribution in [3.05, 3.63) is 35.4 Å². The van der Waals surface area contributed by atoms with Crippen LogP contribution < -0.4 is 5.73 Å². The zero-order valence-electron chi connectivity index (χ0n) is 11.2. The Hall–Kier alpha value is -0.910. The minimum Gasteiger partial charge on any atom is -0.326 e. The van der Waals surface area contributed by atoms with E-state index in [1.54, 1.807) is 0 Å². The Labute approximate surface area is 115 Å². The van der Waals surface area contributed by atoms with E-state index in [0.717, 1.165) is 25.9 Å². The first-order chi connectivity index (χ1) is 9.11. The Kier molecular flexibility index (Phi) is 4.96. The normalized spacial score (nSPS) is 20.1. The predicted molar refractivity (Wildman–Crippen MR) is 77.7 cm³/mol. The first kappa shape index (κ1) is 14.5. The molecule has 2 N–H and O–H groups in total. The molecule has 1 heterocycles. The van der Waals surface area contributed by atoms with Gasteiger partial charge in [0, 0.05) is 19.6 Å². The van der Waals surface area contributed by atoms with Gasteiger partial charge in [0.2, 0.25) is 0 Å². The molecule has 0 spiro atoms. The highest BCUT2D eigenvalue weighted by molar-refractivity contribution is 7.91. The van der Waals surface area contributed by atoms with E-state index in [2.05, 4.69) is 17.0 Å². The molecule has 0 aromatic heterocycles. The number of nitrogens with two attached hydrogens (primary N) is 1. The van der Waals surface area contributed by atoms with E-state index in [0.29, 0.717) is 24.6 Å². The van der Waals surface area contributed by atoms with E-state index in [4.69, 9.17) is 5.73 Å². The molecule has 4 nitrogen and oxygen atoms in total. The molecule has 0 bridgehead atoms. The van der Waals surface area contributed by atoms with Crippen molar-refractivity contribution < 1.29 is 8.42 Å². The highest BCUT2D eigenvalue weighted by Crippen LogP contribution is 2.11. The second kappa shape index (κ2) is 6.50. The van der Waals surface area contributed by atoms with Crippen molar-refractivity contribution in [2.24, 2.45) is 5.73 Å². The van der Waals surface area contributed by atoms with E-state index >= 15 is 0 Å². The summed E-state index contributed by atoms with van der Waals surface area (Å²) in [5.41, 5.74) is 8.19. The van der Waals surface area contributed by atoms with Gasteiger partial charge < -0.3 is 10.6 Å². The zero-order chi connectivity index (χ0) is 13.7. The fourth-order valence-electron chi connectivity index (χ4n) is 2.49. The molecular weight excluding hydrogens is 260 g/mol. The molecule has 0 unspecified atom stereocenters. The molecule has 5 heteroatoms. The van der Waals surface area contributed by atoms with Crippen molar-refractivity contribution in [1.82, 2.24) is 4.90 Å². The summed E-state index contributed by atoms with van der Waals surface area (Å²) in [5.74, 6) is 0.633. The van der Waals surface area contributed by atoms with Crippen LogP contribution in [0.15, 0.2) is 24.3 Å². The summed E-state index contributed by atoms with van der Waals surface area (Å²) in [6.45, 7) is 3.01. The summed E-state index contributed by atoms with van der Waals surface area (Å²) in [6, 6.07) is 8.20. The van der Waals surface area contributed by atoms with Crippen LogP contribution in [0.1, 0.15) is 17.5 Å². The van der Waals surface area contributed by atoms with E-state index in [9.17, 15) is 8.42 Å². The molecule has 0 aliphatic carbocycles. The van der Waals surface area contributed by atoms with E-state index < -0.39 is 9.84 Å². The van der Waals surface area contributed by atoms with Crippen LogP contribution in [-0.4, -0.2) is 44.5 Å². The molecule has 2 rings (SSSR count). The third-order valence-electron chi connectivity index (χ3n) is 3.68. The standard InChI is InChI=1S/C14H22N2O2S/c15-12-14-5-2-1-4-13(14)6-8-16-7-3-10-19(17,18)11-9-16/h1-2,4-5H,3,6-12,15H2. The van der Waals surface area contributed by atoms with Gasteiger partial charge in [0.05, 0.1) is 11.5 Å². The number of hydrogen-bond acceptors (Lipinski definition) is 4. The van der Waals surface area contributed by atoms with Crippen LogP contribution in [0.5, 0.6) is 0 Å². The number of nitrogens with zero attached hydrogens (tertiary/aromatic N) is 1. The maximum Gasteiger partial charge on any atom is 0.151 e. The first-order valence-electron chi connectivity index (χ1n) is 6.80. The largest absolute Gasteiger partial charge is 0.326 e. The lowest BCUT2D eigenvalue weighted by atomic mass is 10.0. The molecule has 19 heavy (non-hydrogen) atoms. The van der Waals surface area contributed by atoms with Crippen LogP contribution >= 0.6 is 0 Å². The van der Waals surface area contributed by atoms with Crippen molar-refractivity contribution in [2.75, 3.05) is 31.1 Å². The van der Waals surface area contributed by atoms with Crippen LogP contribution in [-0.2, 0) is 22.8 Å². The van der Waals surface area contributed by atoms with E-state index in [-0.39, 0.29) is 0 Å². The van der Waals surface area contributed by atoms with Crippen LogP contribution in [0.2, 0.25) is 0 Å². The number of rotatable bonds is 4. The SMILES string of the molecule is NCc1ccccc1CCN1CCCS(=O)(=O)CC1. The zero-order valence-corrected chi connectivity index (χ0v) is 12.0. The molecule has 1 aliphatic rings. The minimum absolute atomic E-state index is 0.297. The van der Waals surface area contributed by atoms with Gasteiger partial charge in [0.25, 0.3) is 0 Å². The van der Waals surface area contributed by atoms with Crippen LogP contribution in [0.4, 0.5) is 0 Å². The second-order valence-corrected chi connectivity index (χ2v) is 7.37. The Bertz CT molecular complexity index is 514. The molecule has 0 atom stereocenters. The molecule has 106 valence electrons. The number of benzene rings is 1. The first-order valence-corrected chi connectivity index (χ1v) is 8.62. The van der Waals surface area contributed by atoms with Gasteiger partial charge in [0.1, 0.15) is 0 Å². The molecule has 1 fully saturated rings. The van der Waals surface area contributed by atoms with Crippen LogP contribution in [0, 0.1) is 0 Å². The molecule has 0 saturated carbocycles. The van der Waals surface area contributed by atoms with Crippen molar-refractivity contribution >= 4 is 9.84 Å². The van der Waals surface area contributed by atoms with Gasteiger partial charge in [-0.25, -0.2) is 8.42 Å². The third kappa shape index (κ3) is 4.30. The lowest BCUT2D eigenvalue weighted by Gasteiger charge is -2.19. The van der Waals surface area contributed by atoms with E-state index in [1.165, 1.54) is 11.1 Å². The van der Waals surface area contributed by atoms with Gasteiger partial charge in [-0.2, -0.15) is 0 Å². The van der Waals surface area contributed by atoms with Crippen molar-refractivity contribution in [3.63, 3.8) is 0 Å². The average molecular weight is 282 g/mol. The summed E-state index contributed by atoms with van der Waals surface area (Å²) in [6.07, 6.45) is 1.69. The molecule has 1 aromatic rings. The van der Waals surface area contributed by atoms with Gasteiger partial charge in [-0.05, 0) is 30.5 Å². The molecule has 1 aliphatic heterocycles. The Morgan fingerprint density at radius 2 is 1.84 bits per heavy atom. The van der Waals surface area contributed by atoms with Gasteiger partial charge in [-0.1, -0.05) is 24.3 Å². The molecule has 1 saturated heterocycles. The quantitative estimate of drug-likeness (QED) is 0.887. The summed E-state index contributed by atoms with van der Waals surface area (Å²) in [7, 11) is -2.81. The van der Waals surface area contributed by atoms with Crippen LogP contribution in [0.25, 0.3) is 0 Å². The number of hydrogen-bond donors (Lipinski definition) is 1. The third-order valence-corrected chi connectivity index (χ3v) is 5.40. The highest BCUT2D eigenvalue weighted by atomic mass is 32.2. The Balaban J connectivity index is 1.92. The van der Waals surface area contributed by atoms with Gasteiger partial charge in [-0.15, -0.1) is 0 Å². The highest BCUT2D eigenvalue weighted by Gasteiger charge is 2.18. The second-order valence-electron chi connectivity index (χ2n) is 5.07. The molecular formula is C14H22N2O2S. The summed E-state index contributed by atoms with van der Waals surface area (Å²) >= 11 is 0. The fraction of sp³-hybridized carbons (Fsp3) is 0.571. The molecule has 0 amide bonds. The minimum atomic E-state index is -2.81.